The van der Waals surface area contributed by atoms with Crippen molar-refractivity contribution in [3.8, 4) is 5.75 Å². The van der Waals surface area contributed by atoms with Gasteiger partial charge in [0.1, 0.15) is 22.9 Å². The van der Waals surface area contributed by atoms with Crippen molar-refractivity contribution in [3.63, 3.8) is 0 Å². The van der Waals surface area contributed by atoms with Crippen LogP contribution in [0.1, 0.15) is 15.9 Å². The molecule has 2 aromatic carbocycles. The number of nitrogens with two attached hydrogens (primary N) is 1. The van der Waals surface area contributed by atoms with Gasteiger partial charge in [0.2, 0.25) is 0 Å². The average Bonchev–Trinajstić information content (AvgIpc) is 2.44. The van der Waals surface area contributed by atoms with Crippen molar-refractivity contribution in [1.82, 2.24) is 0 Å². The predicted octanol–water partition coefficient (Wildman–Crippen LogP) is 3.12. The molecule has 2 rings (SSSR count). The Bertz CT molecular complexity index is 702. The van der Waals surface area contributed by atoms with E-state index in [1.165, 1.54) is 20.1 Å². The van der Waals surface area contributed by atoms with E-state index in [9.17, 15) is 13.6 Å². The molecule has 0 aromatic heterocycles. The highest BCUT2D eigenvalue weighted by atomic mass is 19.1. The second kappa shape index (κ2) is 5.78. The van der Waals surface area contributed by atoms with Gasteiger partial charge in [0.15, 0.2) is 0 Å². The lowest BCUT2D eigenvalue weighted by Gasteiger charge is -2.12. The molecule has 0 spiro atoms. The van der Waals surface area contributed by atoms with Crippen LogP contribution in [-0.2, 0) is 0 Å². The average molecular weight is 292 g/mol. The lowest BCUT2D eigenvalue weighted by molar-refractivity contribution is 0.102. The molecule has 0 atom stereocenters. The molecule has 4 nitrogen and oxygen atoms in total. The highest BCUT2D eigenvalue weighted by Crippen LogP contribution is 2.26. The molecule has 1 amide bonds. The fourth-order valence-corrected chi connectivity index (χ4v) is 1.89. The molecule has 0 saturated heterocycles. The van der Waals surface area contributed by atoms with Crippen LogP contribution in [0.5, 0.6) is 5.75 Å². The van der Waals surface area contributed by atoms with Crippen molar-refractivity contribution in [2.24, 2.45) is 0 Å². The summed E-state index contributed by atoms with van der Waals surface area (Å²) in [6.07, 6.45) is 0. The van der Waals surface area contributed by atoms with E-state index in [0.717, 1.165) is 12.1 Å². The lowest BCUT2D eigenvalue weighted by atomic mass is 10.1. The molecule has 0 bridgehead atoms. The summed E-state index contributed by atoms with van der Waals surface area (Å²) >= 11 is 0. The summed E-state index contributed by atoms with van der Waals surface area (Å²) in [7, 11) is 1.39. The standard InChI is InChI=1S/C15H14F2N2O2/c1-8-6-10(17)12(7-9(8)16)19-15(20)14-11(18)4-3-5-13(14)21-2/h3-7H,18H2,1-2H3,(H,19,20). The molecule has 2 aromatic rings. The van der Waals surface area contributed by atoms with Crippen LogP contribution in [0.3, 0.4) is 0 Å². The lowest BCUT2D eigenvalue weighted by Crippen LogP contribution is -2.16. The smallest absolute Gasteiger partial charge is 0.261 e. The van der Waals surface area contributed by atoms with Gasteiger partial charge in [0.05, 0.1) is 12.8 Å². The Morgan fingerprint density at radius 3 is 2.62 bits per heavy atom. The number of nitrogens with one attached hydrogen (secondary N) is 1. The summed E-state index contributed by atoms with van der Waals surface area (Å²) in [6, 6.07) is 6.63. The maximum absolute atomic E-state index is 13.7. The Hall–Kier alpha value is -2.63. The Kier molecular flexibility index (Phi) is 4.07. The number of anilines is 2. The highest BCUT2D eigenvalue weighted by molar-refractivity contribution is 6.09. The third kappa shape index (κ3) is 2.94. The number of benzene rings is 2. The number of hydrogen-bond donors (Lipinski definition) is 2. The zero-order valence-electron chi connectivity index (χ0n) is 11.5. The van der Waals surface area contributed by atoms with Gasteiger partial charge in [-0.15, -0.1) is 0 Å². The molecule has 3 N–H and O–H groups in total. The molecular formula is C15H14F2N2O2. The largest absolute Gasteiger partial charge is 0.496 e. The Morgan fingerprint density at radius 2 is 1.95 bits per heavy atom. The van der Waals surface area contributed by atoms with Crippen LogP contribution in [0.2, 0.25) is 0 Å². The second-order valence-corrected chi connectivity index (χ2v) is 4.46. The van der Waals surface area contributed by atoms with Crippen LogP contribution in [0.25, 0.3) is 0 Å². The topological polar surface area (TPSA) is 64.3 Å². The summed E-state index contributed by atoms with van der Waals surface area (Å²) in [5.41, 5.74) is 5.88. The van der Waals surface area contributed by atoms with Crippen LogP contribution in [0.4, 0.5) is 20.2 Å². The second-order valence-electron chi connectivity index (χ2n) is 4.46. The number of halogens is 2. The third-order valence-corrected chi connectivity index (χ3v) is 3.00. The van der Waals surface area contributed by atoms with E-state index in [2.05, 4.69) is 5.32 Å². The zero-order chi connectivity index (χ0) is 15.6. The molecule has 0 fully saturated rings. The molecule has 0 radical (unpaired) electrons. The number of rotatable bonds is 3. The Balaban J connectivity index is 2.37. The number of hydrogen-bond acceptors (Lipinski definition) is 3. The van der Waals surface area contributed by atoms with Crippen molar-refractivity contribution in [2.75, 3.05) is 18.2 Å². The van der Waals surface area contributed by atoms with E-state index in [0.29, 0.717) is 0 Å². The molecule has 21 heavy (non-hydrogen) atoms. The zero-order valence-corrected chi connectivity index (χ0v) is 11.5. The van der Waals surface area contributed by atoms with Gasteiger partial charge in [-0.2, -0.15) is 0 Å². The number of aryl methyl sites for hydroxylation is 1. The van der Waals surface area contributed by atoms with Gasteiger partial charge >= 0.3 is 0 Å². The number of carbonyl (C=O) groups is 1. The number of methoxy groups -OCH3 is 1. The molecule has 0 unspecified atom stereocenters. The van der Waals surface area contributed by atoms with E-state index in [1.54, 1.807) is 12.1 Å². The Morgan fingerprint density at radius 1 is 1.24 bits per heavy atom. The van der Waals surface area contributed by atoms with Gasteiger partial charge in [-0.05, 0) is 30.7 Å². The third-order valence-electron chi connectivity index (χ3n) is 3.00. The molecule has 0 saturated carbocycles. The quantitative estimate of drug-likeness (QED) is 0.854. The fraction of sp³-hybridized carbons (Fsp3) is 0.133. The van der Waals surface area contributed by atoms with Crippen molar-refractivity contribution in [2.45, 2.75) is 6.92 Å². The van der Waals surface area contributed by atoms with E-state index in [4.69, 9.17) is 10.5 Å². The minimum atomic E-state index is -0.726. The number of amides is 1. The van der Waals surface area contributed by atoms with Crippen molar-refractivity contribution >= 4 is 17.3 Å². The van der Waals surface area contributed by atoms with Crippen molar-refractivity contribution < 1.29 is 18.3 Å². The van der Waals surface area contributed by atoms with E-state index < -0.39 is 17.5 Å². The van der Waals surface area contributed by atoms with Crippen molar-refractivity contribution in [1.29, 1.82) is 0 Å². The maximum Gasteiger partial charge on any atom is 0.261 e. The summed E-state index contributed by atoms with van der Waals surface area (Å²) < 4.78 is 32.3. The van der Waals surface area contributed by atoms with Gasteiger partial charge in [-0.25, -0.2) is 8.78 Å². The van der Waals surface area contributed by atoms with E-state index in [1.807, 2.05) is 0 Å². The normalized spacial score (nSPS) is 10.3. The molecular weight excluding hydrogens is 278 g/mol. The van der Waals surface area contributed by atoms with E-state index >= 15 is 0 Å². The predicted molar refractivity (Wildman–Crippen MR) is 76.5 cm³/mol. The van der Waals surface area contributed by atoms with Crippen LogP contribution in [-0.4, -0.2) is 13.0 Å². The van der Waals surface area contributed by atoms with Gasteiger partial charge in [-0.1, -0.05) is 6.07 Å². The molecule has 110 valence electrons. The monoisotopic (exact) mass is 292 g/mol. The maximum atomic E-state index is 13.7. The Labute approximate surface area is 120 Å². The van der Waals surface area contributed by atoms with Crippen LogP contribution >= 0.6 is 0 Å². The molecule has 0 aliphatic heterocycles. The van der Waals surface area contributed by atoms with Gasteiger partial charge in [-0.3, -0.25) is 4.79 Å². The first-order chi connectivity index (χ1) is 9.93. The number of nitrogen functional groups attached to an aromatic ring is 1. The van der Waals surface area contributed by atoms with Gasteiger partial charge < -0.3 is 15.8 Å². The highest BCUT2D eigenvalue weighted by Gasteiger charge is 2.18. The SMILES string of the molecule is COc1cccc(N)c1C(=O)Nc1cc(F)c(C)cc1F. The van der Waals surface area contributed by atoms with Crippen molar-refractivity contribution in [3.05, 3.63) is 53.1 Å². The summed E-state index contributed by atoms with van der Waals surface area (Å²) in [6.45, 7) is 1.43. The minimum Gasteiger partial charge on any atom is -0.496 e. The van der Waals surface area contributed by atoms with Crippen LogP contribution in [0.15, 0.2) is 30.3 Å². The summed E-state index contributed by atoms with van der Waals surface area (Å²) in [4.78, 5) is 12.2. The van der Waals surface area contributed by atoms with Gasteiger partial charge in [0.25, 0.3) is 5.91 Å². The van der Waals surface area contributed by atoms with Gasteiger partial charge in [0, 0.05) is 11.8 Å². The molecule has 0 aliphatic carbocycles. The molecule has 0 aliphatic rings. The summed E-state index contributed by atoms with van der Waals surface area (Å²) in [5.74, 6) is -1.76. The van der Waals surface area contributed by atoms with Crippen LogP contribution in [0, 0.1) is 18.6 Å². The first-order valence-electron chi connectivity index (χ1n) is 6.13. The molecule has 6 heteroatoms. The number of carbonyl (C=O) groups excluding carboxylic acids is 1. The fourth-order valence-electron chi connectivity index (χ4n) is 1.89. The van der Waals surface area contributed by atoms with E-state index in [-0.39, 0.29) is 28.3 Å². The molecule has 0 heterocycles. The first kappa shape index (κ1) is 14.8. The first-order valence-corrected chi connectivity index (χ1v) is 6.13. The number of ether oxygens (including phenoxy) is 1. The summed E-state index contributed by atoms with van der Waals surface area (Å²) in [5, 5.41) is 2.30. The van der Waals surface area contributed by atoms with Crippen LogP contribution < -0.4 is 15.8 Å². The minimum absolute atomic E-state index is 0.0698.